The van der Waals surface area contributed by atoms with Crippen molar-refractivity contribution in [2.75, 3.05) is 47.5 Å². The molecule has 0 aliphatic heterocycles. The number of likely N-dealkylation sites (N-methyl/N-ethyl adjacent to an activating group) is 1. The van der Waals surface area contributed by atoms with Crippen LogP contribution in [0.5, 0.6) is 0 Å². The van der Waals surface area contributed by atoms with Crippen LogP contribution in [0.15, 0.2) is 134 Å². The maximum absolute atomic E-state index is 13.0. The van der Waals surface area contributed by atoms with Crippen LogP contribution < -0.4 is 0 Å². The highest BCUT2D eigenvalue weighted by molar-refractivity contribution is 5.71. The van der Waals surface area contributed by atoms with Gasteiger partial charge in [0.25, 0.3) is 6.29 Å². The Kier molecular flexibility index (Phi) is 69.6. The Labute approximate surface area is 573 Å². The fourth-order valence-electron chi connectivity index (χ4n) is 10.6. The van der Waals surface area contributed by atoms with Crippen LogP contribution in [-0.2, 0) is 33.3 Å². The number of hydrogen-bond donors (Lipinski definition) is 1. The number of carbonyl (C=O) groups is 3. The number of carboxylic acids is 1. The van der Waals surface area contributed by atoms with E-state index in [1.54, 1.807) is 0 Å². The van der Waals surface area contributed by atoms with Gasteiger partial charge < -0.3 is 28.5 Å². The van der Waals surface area contributed by atoms with Crippen molar-refractivity contribution in [3.05, 3.63) is 134 Å². The fraction of sp³-hybridized carbons (Fsp3) is 0.702. The van der Waals surface area contributed by atoms with E-state index in [1.165, 1.54) is 173 Å². The first-order chi connectivity index (χ1) is 45.6. The van der Waals surface area contributed by atoms with E-state index in [0.29, 0.717) is 23.9 Å². The molecule has 0 aromatic heterocycles. The van der Waals surface area contributed by atoms with Gasteiger partial charge in [-0.05, 0) is 109 Å². The molecular weight excluding hydrogens is 1150 g/mol. The summed E-state index contributed by atoms with van der Waals surface area (Å²) in [6.07, 6.45) is 103. The first-order valence-corrected chi connectivity index (χ1v) is 38.3. The van der Waals surface area contributed by atoms with Crippen molar-refractivity contribution in [2.24, 2.45) is 0 Å². The smallest absolute Gasteiger partial charge is 0.361 e. The molecule has 0 aliphatic rings. The minimum Gasteiger partial charge on any atom is -0.477 e. The highest BCUT2D eigenvalue weighted by atomic mass is 16.7. The number of allylic oxidation sites excluding steroid dienone is 22. The van der Waals surface area contributed by atoms with Crippen LogP contribution in [0.3, 0.4) is 0 Å². The van der Waals surface area contributed by atoms with E-state index in [1.807, 2.05) is 21.1 Å². The van der Waals surface area contributed by atoms with Gasteiger partial charge in [0, 0.05) is 12.8 Å². The molecule has 0 aromatic rings. The maximum atomic E-state index is 13.0. The second-order valence-corrected chi connectivity index (χ2v) is 26.6. The Hall–Kier alpha value is -4.57. The Bertz CT molecular complexity index is 2000. The lowest BCUT2D eigenvalue weighted by Gasteiger charge is -2.25. The van der Waals surface area contributed by atoms with E-state index in [4.69, 9.17) is 18.9 Å². The quantitative estimate of drug-likeness (QED) is 0.0211. The lowest BCUT2D eigenvalue weighted by atomic mass is 10.0. The van der Waals surface area contributed by atoms with E-state index < -0.39 is 24.3 Å². The second kappa shape index (κ2) is 73.2. The molecule has 2 unspecified atom stereocenters. The van der Waals surface area contributed by atoms with Crippen LogP contribution in [-0.4, -0.2) is 87.4 Å². The Morgan fingerprint density at radius 1 is 0.323 bits per heavy atom. The molecule has 0 saturated carbocycles. The predicted molar refractivity (Wildman–Crippen MR) is 401 cm³/mol. The number of rotatable bonds is 70. The van der Waals surface area contributed by atoms with Gasteiger partial charge in [-0.1, -0.05) is 334 Å². The number of carbonyl (C=O) groups excluding carboxylic acids is 2. The summed E-state index contributed by atoms with van der Waals surface area (Å²) >= 11 is 0. The SMILES string of the molecule is CC/C=C\C/C=C\C/C=C\C/C=C\C/C=C\C/C=C\C/C=C\CCCCCCCCCCCCCC(=O)OC(COC(=O)CCCCCCCCCCCCCCCCCCCCCCCC/C=C\C/C=C\C/C=C\C/C=C\CC)COC(OCC[N+](C)(C)C)C(=O)O. The summed E-state index contributed by atoms with van der Waals surface area (Å²) < 4.78 is 23.0. The topological polar surface area (TPSA) is 108 Å². The number of carboxylic acid groups (broad SMARTS) is 1. The number of quaternary nitrogens is 1. The van der Waals surface area contributed by atoms with Crippen LogP contribution in [0.1, 0.15) is 322 Å². The van der Waals surface area contributed by atoms with Gasteiger partial charge in [0.05, 0.1) is 34.4 Å². The van der Waals surface area contributed by atoms with E-state index in [0.717, 1.165) is 116 Å². The van der Waals surface area contributed by atoms with Crippen LogP contribution in [0.25, 0.3) is 0 Å². The molecule has 0 amide bonds. The first-order valence-electron chi connectivity index (χ1n) is 38.3. The second-order valence-electron chi connectivity index (χ2n) is 26.6. The molecule has 9 nitrogen and oxygen atoms in total. The third kappa shape index (κ3) is 74.7. The zero-order valence-electron chi connectivity index (χ0n) is 60.9. The highest BCUT2D eigenvalue weighted by Gasteiger charge is 2.25. The van der Waals surface area contributed by atoms with Crippen molar-refractivity contribution in [3.8, 4) is 0 Å². The van der Waals surface area contributed by atoms with E-state index in [9.17, 15) is 19.5 Å². The zero-order valence-corrected chi connectivity index (χ0v) is 60.9. The predicted octanol–water partition coefficient (Wildman–Crippen LogP) is 24.5. The largest absolute Gasteiger partial charge is 0.477 e. The number of ether oxygens (including phenoxy) is 4. The Morgan fingerprint density at radius 2 is 0.581 bits per heavy atom. The van der Waals surface area contributed by atoms with Gasteiger partial charge in [-0.3, -0.25) is 9.59 Å². The molecule has 2 atom stereocenters. The fourth-order valence-corrected chi connectivity index (χ4v) is 10.6. The molecule has 0 bridgehead atoms. The lowest BCUT2D eigenvalue weighted by molar-refractivity contribution is -0.870. The lowest BCUT2D eigenvalue weighted by Crippen LogP contribution is -2.40. The number of aliphatic carboxylic acids is 1. The summed E-state index contributed by atoms with van der Waals surface area (Å²) in [6.45, 7) is 4.67. The van der Waals surface area contributed by atoms with E-state index in [-0.39, 0.29) is 32.2 Å². The van der Waals surface area contributed by atoms with Crippen LogP contribution in [0.4, 0.5) is 0 Å². The molecule has 9 heteroatoms. The molecule has 0 heterocycles. The van der Waals surface area contributed by atoms with Crippen LogP contribution >= 0.6 is 0 Å². The van der Waals surface area contributed by atoms with Crippen molar-refractivity contribution >= 4 is 17.9 Å². The van der Waals surface area contributed by atoms with Gasteiger partial charge in [0.2, 0.25) is 0 Å². The number of esters is 2. The normalized spacial score (nSPS) is 13.4. The molecule has 0 aliphatic carbocycles. The maximum Gasteiger partial charge on any atom is 0.361 e. The van der Waals surface area contributed by atoms with E-state index in [2.05, 4.69) is 148 Å². The summed E-state index contributed by atoms with van der Waals surface area (Å²) in [5.41, 5.74) is 0. The van der Waals surface area contributed by atoms with Gasteiger partial charge in [-0.15, -0.1) is 0 Å². The summed E-state index contributed by atoms with van der Waals surface area (Å²) in [5.74, 6) is -2.00. The molecular formula is C84H144NO8+. The molecule has 0 aromatic carbocycles. The average Bonchev–Trinajstić information content (AvgIpc) is 3.74. The van der Waals surface area contributed by atoms with Crippen molar-refractivity contribution in [1.29, 1.82) is 0 Å². The van der Waals surface area contributed by atoms with Gasteiger partial charge >= 0.3 is 17.9 Å². The molecule has 532 valence electrons. The Balaban J connectivity index is 4.06. The minimum absolute atomic E-state index is 0.183. The van der Waals surface area contributed by atoms with Gasteiger partial charge in [-0.2, -0.15) is 0 Å². The third-order valence-corrected chi connectivity index (χ3v) is 16.4. The summed E-state index contributed by atoms with van der Waals surface area (Å²) in [5, 5.41) is 9.77. The Morgan fingerprint density at radius 3 is 0.860 bits per heavy atom. The molecule has 0 radical (unpaired) electrons. The molecule has 0 spiro atoms. The molecule has 0 rings (SSSR count). The molecule has 93 heavy (non-hydrogen) atoms. The van der Waals surface area contributed by atoms with Gasteiger partial charge in [-0.25, -0.2) is 4.79 Å². The van der Waals surface area contributed by atoms with Crippen molar-refractivity contribution in [3.63, 3.8) is 0 Å². The molecule has 0 saturated heterocycles. The van der Waals surface area contributed by atoms with Crippen molar-refractivity contribution in [2.45, 2.75) is 334 Å². The standard InChI is InChI=1S/C84H143NO8/c1-6-8-10-12-14-16-18-20-22-24-26-28-30-32-34-36-38-40-41-43-44-46-48-50-52-54-56-58-60-62-64-66-68-70-72-74-81(86)91-78-80(79-92-84(83(88)89)90-77-76-85(3,4)5)93-82(87)75-73-71-69-67-65-63-61-59-57-55-53-51-49-47-45-42-39-37-35-33-31-29-27-25-23-21-19-17-15-13-11-9-7-2/h8-11,14-17,20-23,26-29,33,35,39,42,47,49,80,84H,6-7,12-13,18-19,24-25,30-32,34,36-38,40-41,43-46,48,50-79H2,1-5H3/p+1/b10-8-,11-9-,16-14-,17-15-,22-20-,23-21-,28-26-,29-27-,35-33-,42-39-,49-47-. The molecule has 1 N–H and O–H groups in total. The van der Waals surface area contributed by atoms with Gasteiger partial charge in [0.1, 0.15) is 13.2 Å². The summed E-state index contributed by atoms with van der Waals surface area (Å²) in [4.78, 5) is 37.7. The average molecular weight is 1300 g/mol. The van der Waals surface area contributed by atoms with Crippen LogP contribution in [0.2, 0.25) is 0 Å². The van der Waals surface area contributed by atoms with Crippen molar-refractivity contribution in [1.82, 2.24) is 0 Å². The molecule has 0 fully saturated rings. The third-order valence-electron chi connectivity index (χ3n) is 16.4. The number of hydrogen-bond acceptors (Lipinski definition) is 7. The van der Waals surface area contributed by atoms with Crippen molar-refractivity contribution < 1.29 is 42.9 Å². The van der Waals surface area contributed by atoms with E-state index >= 15 is 0 Å². The monoisotopic (exact) mass is 1300 g/mol. The highest BCUT2D eigenvalue weighted by Crippen LogP contribution is 2.18. The van der Waals surface area contributed by atoms with Gasteiger partial charge in [0.15, 0.2) is 6.10 Å². The first kappa shape index (κ1) is 88.4. The minimum atomic E-state index is -1.52. The van der Waals surface area contributed by atoms with Crippen LogP contribution in [0, 0.1) is 0 Å². The zero-order chi connectivity index (χ0) is 67.5. The summed E-state index contributed by atoms with van der Waals surface area (Å²) in [7, 11) is 5.98. The number of unbranched alkanes of at least 4 members (excludes halogenated alkanes) is 33. The number of nitrogens with zero attached hydrogens (tertiary/aromatic N) is 1. The summed E-state index contributed by atoms with van der Waals surface area (Å²) in [6, 6.07) is 0.